The summed E-state index contributed by atoms with van der Waals surface area (Å²) in [5.41, 5.74) is 0.818. The van der Waals surface area contributed by atoms with Gasteiger partial charge in [0.2, 0.25) is 0 Å². The Kier molecular flexibility index (Phi) is 4.39. The summed E-state index contributed by atoms with van der Waals surface area (Å²) in [6.45, 7) is 3.55. The van der Waals surface area contributed by atoms with E-state index in [1.807, 2.05) is 22.6 Å². The summed E-state index contributed by atoms with van der Waals surface area (Å²) in [6.07, 6.45) is 3.38. The van der Waals surface area contributed by atoms with E-state index < -0.39 is 0 Å². The highest BCUT2D eigenvalue weighted by Gasteiger charge is 1.92. The highest BCUT2D eigenvalue weighted by atomic mass is 127. The molecule has 0 spiro atoms. The monoisotopic (exact) mass is 236 g/mol. The lowest BCUT2D eigenvalue weighted by Gasteiger charge is -1.94. The summed E-state index contributed by atoms with van der Waals surface area (Å²) in [6, 6.07) is 0. The standard InChI is InChI=1S/C6H9IN2/c1-3-5(4-9-2)6(7)8/h3-4,8-9H,1H2,2H3/b5-4-,8-6?. The molecule has 2 nitrogen and oxygen atoms in total. The number of halogens is 1. The molecule has 0 heterocycles. The molecule has 0 fully saturated rings. The maximum atomic E-state index is 7.16. The number of allylic oxidation sites excluding steroid dienone is 2. The molecule has 0 aromatic heterocycles. The largest absolute Gasteiger partial charge is 0.393 e. The van der Waals surface area contributed by atoms with Crippen molar-refractivity contribution in [2.24, 2.45) is 0 Å². The molecule has 0 saturated heterocycles. The van der Waals surface area contributed by atoms with Crippen molar-refractivity contribution in [1.29, 1.82) is 5.41 Å². The van der Waals surface area contributed by atoms with Crippen molar-refractivity contribution in [2.75, 3.05) is 7.05 Å². The molecule has 0 atom stereocenters. The van der Waals surface area contributed by atoms with E-state index in [0.717, 1.165) is 5.57 Å². The Morgan fingerprint density at radius 2 is 2.33 bits per heavy atom. The molecule has 50 valence electrons. The van der Waals surface area contributed by atoms with Gasteiger partial charge in [-0.3, -0.25) is 5.41 Å². The van der Waals surface area contributed by atoms with Crippen molar-refractivity contribution in [3.8, 4) is 0 Å². The van der Waals surface area contributed by atoms with Crippen LogP contribution in [0.15, 0.2) is 24.4 Å². The number of hydrogen-bond acceptors (Lipinski definition) is 2. The third kappa shape index (κ3) is 3.29. The summed E-state index contributed by atoms with van der Waals surface area (Å²) in [4.78, 5) is 0. The summed E-state index contributed by atoms with van der Waals surface area (Å²) >= 11 is 1.93. The fraction of sp³-hybridized carbons (Fsp3) is 0.167. The van der Waals surface area contributed by atoms with Crippen LogP contribution in [0.25, 0.3) is 0 Å². The predicted octanol–water partition coefficient (Wildman–Crippen LogP) is 1.69. The molecule has 0 bridgehead atoms. The van der Waals surface area contributed by atoms with Gasteiger partial charge in [0.1, 0.15) is 3.72 Å². The molecule has 0 unspecified atom stereocenters. The molecule has 0 saturated carbocycles. The van der Waals surface area contributed by atoms with E-state index in [2.05, 4.69) is 11.9 Å². The highest BCUT2D eigenvalue weighted by Crippen LogP contribution is 2.02. The second-order valence-electron chi connectivity index (χ2n) is 1.41. The second-order valence-corrected chi connectivity index (χ2v) is 2.49. The van der Waals surface area contributed by atoms with Gasteiger partial charge < -0.3 is 5.32 Å². The molecule has 3 heteroatoms. The van der Waals surface area contributed by atoms with Gasteiger partial charge in [-0.15, -0.1) is 0 Å². The quantitative estimate of drug-likeness (QED) is 0.436. The van der Waals surface area contributed by atoms with Gasteiger partial charge in [-0.05, 0) is 22.6 Å². The van der Waals surface area contributed by atoms with Gasteiger partial charge in [-0.1, -0.05) is 12.7 Å². The van der Waals surface area contributed by atoms with Gasteiger partial charge >= 0.3 is 0 Å². The maximum absolute atomic E-state index is 7.16. The molecule has 0 amide bonds. The lowest BCUT2D eigenvalue weighted by atomic mass is 10.3. The molecule has 0 aliphatic carbocycles. The molecular weight excluding hydrogens is 227 g/mol. The fourth-order valence-corrected chi connectivity index (χ4v) is 0.743. The van der Waals surface area contributed by atoms with Crippen LogP contribution < -0.4 is 5.32 Å². The minimum Gasteiger partial charge on any atom is -0.393 e. The third-order valence-electron chi connectivity index (χ3n) is 0.773. The molecule has 0 aromatic rings. The van der Waals surface area contributed by atoms with E-state index in [9.17, 15) is 0 Å². The van der Waals surface area contributed by atoms with Gasteiger partial charge in [0.15, 0.2) is 0 Å². The van der Waals surface area contributed by atoms with Gasteiger partial charge in [0, 0.05) is 18.8 Å². The van der Waals surface area contributed by atoms with Crippen molar-refractivity contribution in [3.63, 3.8) is 0 Å². The summed E-state index contributed by atoms with van der Waals surface area (Å²) in [5.74, 6) is 0. The molecule has 0 aromatic carbocycles. The first-order valence-corrected chi connectivity index (χ1v) is 3.54. The maximum Gasteiger partial charge on any atom is 0.101 e. The Hall–Kier alpha value is -0.320. The minimum atomic E-state index is 0.497. The predicted molar refractivity (Wildman–Crippen MR) is 49.1 cm³/mol. The molecule has 2 N–H and O–H groups in total. The van der Waals surface area contributed by atoms with E-state index >= 15 is 0 Å². The van der Waals surface area contributed by atoms with E-state index in [1.165, 1.54) is 0 Å². The highest BCUT2D eigenvalue weighted by molar-refractivity contribution is 14.1. The van der Waals surface area contributed by atoms with Crippen LogP contribution in [0, 0.1) is 5.41 Å². The Morgan fingerprint density at radius 1 is 1.78 bits per heavy atom. The lowest BCUT2D eigenvalue weighted by molar-refractivity contribution is 1.10. The normalized spacial score (nSPS) is 10.7. The van der Waals surface area contributed by atoms with Crippen LogP contribution in [0.2, 0.25) is 0 Å². The van der Waals surface area contributed by atoms with E-state index in [-0.39, 0.29) is 0 Å². The van der Waals surface area contributed by atoms with Crippen LogP contribution in [-0.4, -0.2) is 10.8 Å². The van der Waals surface area contributed by atoms with Crippen LogP contribution in [0.5, 0.6) is 0 Å². The van der Waals surface area contributed by atoms with Crippen LogP contribution in [0.1, 0.15) is 0 Å². The summed E-state index contributed by atoms with van der Waals surface area (Å²) < 4.78 is 0.497. The van der Waals surface area contributed by atoms with Crippen LogP contribution in [-0.2, 0) is 0 Å². The molecule has 9 heavy (non-hydrogen) atoms. The SMILES string of the molecule is C=C/C(=C/NC)C(=N)I. The topological polar surface area (TPSA) is 35.9 Å². The molecule has 0 aliphatic heterocycles. The van der Waals surface area contributed by atoms with Crippen molar-refractivity contribution in [1.82, 2.24) is 5.32 Å². The first-order valence-electron chi connectivity index (χ1n) is 2.46. The van der Waals surface area contributed by atoms with Gasteiger partial charge in [-0.2, -0.15) is 0 Å². The van der Waals surface area contributed by atoms with E-state index in [1.54, 1.807) is 19.3 Å². The van der Waals surface area contributed by atoms with Crippen molar-refractivity contribution < 1.29 is 0 Å². The van der Waals surface area contributed by atoms with Crippen LogP contribution >= 0.6 is 22.6 Å². The van der Waals surface area contributed by atoms with Gasteiger partial charge in [0.05, 0.1) is 0 Å². The number of hydrogen-bond donors (Lipinski definition) is 2. The first-order chi connectivity index (χ1) is 4.22. The Morgan fingerprint density at radius 3 is 2.44 bits per heavy atom. The summed E-state index contributed by atoms with van der Waals surface area (Å²) in [5, 5.41) is 9.98. The molecular formula is C6H9IN2. The smallest absolute Gasteiger partial charge is 0.101 e. The number of nitrogens with one attached hydrogen (secondary N) is 2. The van der Waals surface area contributed by atoms with Crippen molar-refractivity contribution >= 4 is 26.3 Å². The second kappa shape index (κ2) is 4.55. The number of rotatable bonds is 3. The zero-order chi connectivity index (χ0) is 7.28. The first kappa shape index (κ1) is 8.68. The molecule has 0 aliphatic rings. The van der Waals surface area contributed by atoms with Crippen LogP contribution in [0.3, 0.4) is 0 Å². The average Bonchev–Trinajstić information content (AvgIpc) is 1.82. The zero-order valence-electron chi connectivity index (χ0n) is 5.24. The van der Waals surface area contributed by atoms with E-state index in [0.29, 0.717) is 3.72 Å². The Balaban J connectivity index is 4.14. The Bertz CT molecular complexity index is 149. The minimum absolute atomic E-state index is 0.497. The van der Waals surface area contributed by atoms with Crippen molar-refractivity contribution in [2.45, 2.75) is 0 Å². The van der Waals surface area contributed by atoms with Crippen LogP contribution in [0.4, 0.5) is 0 Å². The molecule has 0 rings (SSSR count). The third-order valence-corrected chi connectivity index (χ3v) is 1.40. The summed E-state index contributed by atoms with van der Waals surface area (Å²) in [7, 11) is 1.79. The zero-order valence-corrected chi connectivity index (χ0v) is 7.40. The average molecular weight is 236 g/mol. The lowest BCUT2D eigenvalue weighted by Crippen LogP contribution is -1.98. The van der Waals surface area contributed by atoms with Gasteiger partial charge in [-0.25, -0.2) is 0 Å². The van der Waals surface area contributed by atoms with Gasteiger partial charge in [0.25, 0.3) is 0 Å². The fourth-order valence-electron chi connectivity index (χ4n) is 0.367. The van der Waals surface area contributed by atoms with Crippen molar-refractivity contribution in [3.05, 3.63) is 24.4 Å². The Labute approximate surface area is 68.7 Å². The molecule has 0 radical (unpaired) electrons. The van der Waals surface area contributed by atoms with E-state index in [4.69, 9.17) is 5.41 Å².